The lowest BCUT2D eigenvalue weighted by Crippen LogP contribution is -2.33. The van der Waals surface area contributed by atoms with Gasteiger partial charge in [0.05, 0.1) is 30.3 Å². The number of aliphatic imine (C=N–C) groups is 2. The van der Waals surface area contributed by atoms with Gasteiger partial charge in [-0.2, -0.15) is 10.1 Å². The van der Waals surface area contributed by atoms with Crippen molar-refractivity contribution < 1.29 is 22.7 Å². The van der Waals surface area contributed by atoms with Crippen LogP contribution < -0.4 is 10.7 Å². The van der Waals surface area contributed by atoms with Crippen LogP contribution in [-0.2, 0) is 4.74 Å². The maximum atomic E-state index is 14.0. The molecule has 0 unspecified atom stereocenters. The van der Waals surface area contributed by atoms with Crippen molar-refractivity contribution >= 4 is 23.4 Å². The van der Waals surface area contributed by atoms with Gasteiger partial charge in [-0.1, -0.05) is 12.1 Å². The minimum absolute atomic E-state index is 0.0867. The zero-order valence-electron chi connectivity index (χ0n) is 16.8. The molecule has 0 saturated heterocycles. The van der Waals surface area contributed by atoms with E-state index in [2.05, 4.69) is 25.8 Å². The van der Waals surface area contributed by atoms with E-state index in [1.807, 2.05) is 0 Å². The number of ether oxygens (including phenoxy) is 1. The molecule has 2 aromatic carbocycles. The number of carbonyl (C=O) groups is 1. The van der Waals surface area contributed by atoms with E-state index >= 15 is 0 Å². The molecule has 31 heavy (non-hydrogen) atoms. The predicted octanol–water partition coefficient (Wildman–Crippen LogP) is 3.02. The van der Waals surface area contributed by atoms with E-state index < -0.39 is 17.5 Å². The normalized spacial score (nSPS) is 16.1. The highest BCUT2D eigenvalue weighted by molar-refractivity contribution is 6.18. The Morgan fingerprint density at radius 1 is 1.19 bits per heavy atom. The molecule has 162 valence electrons. The number of methoxy groups -OCH3 is 1. The number of carbonyl (C=O) groups excluding carboxylic acids is 1. The number of hydrogen-bond donors (Lipinski definition) is 2. The topological polar surface area (TPSA) is 87.4 Å². The van der Waals surface area contributed by atoms with Crippen LogP contribution in [-0.4, -0.2) is 43.2 Å². The van der Waals surface area contributed by atoms with Crippen molar-refractivity contribution in [2.45, 2.75) is 19.4 Å². The zero-order chi connectivity index (χ0) is 22.4. The lowest BCUT2D eigenvalue weighted by molar-refractivity contribution is 0.0972. The van der Waals surface area contributed by atoms with Crippen LogP contribution in [0.4, 0.5) is 13.2 Å². The van der Waals surface area contributed by atoms with Gasteiger partial charge in [0.2, 0.25) is 5.96 Å². The summed E-state index contributed by atoms with van der Waals surface area (Å²) < 4.78 is 45.2. The first kappa shape index (κ1) is 22.2. The van der Waals surface area contributed by atoms with Crippen molar-refractivity contribution in [3.05, 3.63) is 71.0 Å². The summed E-state index contributed by atoms with van der Waals surface area (Å²) in [4.78, 5) is 21.1. The fraction of sp³-hybridized carbons (Fsp3) is 0.238. The Morgan fingerprint density at radius 2 is 1.90 bits per heavy atom. The van der Waals surface area contributed by atoms with Crippen molar-refractivity contribution in [3.8, 4) is 0 Å². The number of halogens is 3. The number of nitrogens with zero attached hydrogens (tertiary/aromatic N) is 3. The number of benzene rings is 2. The third-order valence-electron chi connectivity index (χ3n) is 4.22. The molecule has 1 amide bonds. The first-order chi connectivity index (χ1) is 14.9. The monoisotopic (exact) mass is 431 g/mol. The molecule has 7 nitrogen and oxygen atoms in total. The van der Waals surface area contributed by atoms with Gasteiger partial charge in [-0.05, 0) is 36.8 Å². The highest BCUT2D eigenvalue weighted by atomic mass is 19.1. The predicted molar refractivity (Wildman–Crippen MR) is 111 cm³/mol. The van der Waals surface area contributed by atoms with Gasteiger partial charge < -0.3 is 4.74 Å². The number of nitrogens with one attached hydrogen (secondary N) is 2. The average Bonchev–Trinajstić information content (AvgIpc) is 3.17. The Labute approximate surface area is 176 Å². The minimum Gasteiger partial charge on any atom is -0.382 e. The number of hydrogen-bond acceptors (Lipinski definition) is 4. The molecule has 0 radical (unpaired) electrons. The van der Waals surface area contributed by atoms with Crippen molar-refractivity contribution in [2.24, 2.45) is 15.1 Å². The standard InChI is InChI=1S/C21H20F3N5O2/c1-12(11-31-2)25-21(27-20(30)16-8-7-15(23)9-17(16)24)26-19-10-18(28-29-19)13-3-5-14(22)6-4-13/h3-9,12H,10-11H2,1-2H3,(H2,25,26,27,29,30)/t12-/m0/s1. The van der Waals surface area contributed by atoms with Crippen LogP contribution in [0.25, 0.3) is 0 Å². The van der Waals surface area contributed by atoms with Crippen LogP contribution in [0.15, 0.2) is 57.6 Å². The zero-order valence-corrected chi connectivity index (χ0v) is 16.8. The lowest BCUT2D eigenvalue weighted by Gasteiger charge is -2.10. The second-order valence-corrected chi connectivity index (χ2v) is 6.75. The van der Waals surface area contributed by atoms with Crippen LogP contribution in [0.2, 0.25) is 0 Å². The number of hydrazone groups is 1. The van der Waals surface area contributed by atoms with Crippen LogP contribution in [0.5, 0.6) is 0 Å². The number of amides is 1. The Hall–Kier alpha value is -3.53. The average molecular weight is 431 g/mol. The Bertz CT molecular complexity index is 1050. The first-order valence-corrected chi connectivity index (χ1v) is 9.35. The summed E-state index contributed by atoms with van der Waals surface area (Å²) in [6.45, 7) is 2.01. The smallest absolute Gasteiger partial charge is 0.260 e. The fourth-order valence-electron chi connectivity index (χ4n) is 2.79. The quantitative estimate of drug-likeness (QED) is 0.564. The summed E-state index contributed by atoms with van der Waals surface area (Å²) in [5.74, 6) is -2.70. The van der Waals surface area contributed by atoms with E-state index in [1.54, 1.807) is 19.1 Å². The Morgan fingerprint density at radius 3 is 2.58 bits per heavy atom. The van der Waals surface area contributed by atoms with Gasteiger partial charge in [0.15, 0.2) is 0 Å². The molecule has 0 aromatic heterocycles. The largest absolute Gasteiger partial charge is 0.382 e. The minimum atomic E-state index is -1.00. The van der Waals surface area contributed by atoms with Gasteiger partial charge in [-0.15, -0.1) is 0 Å². The van der Waals surface area contributed by atoms with Gasteiger partial charge >= 0.3 is 0 Å². The molecule has 1 aliphatic heterocycles. The molecule has 0 spiro atoms. The van der Waals surface area contributed by atoms with Crippen LogP contribution in [0.1, 0.15) is 29.3 Å². The molecule has 0 saturated carbocycles. The molecule has 0 aliphatic carbocycles. The van der Waals surface area contributed by atoms with Crippen molar-refractivity contribution in [1.82, 2.24) is 10.7 Å². The molecule has 10 heteroatoms. The summed E-state index contributed by atoms with van der Waals surface area (Å²) in [7, 11) is 1.51. The van der Waals surface area contributed by atoms with Crippen molar-refractivity contribution in [3.63, 3.8) is 0 Å². The van der Waals surface area contributed by atoms with Crippen molar-refractivity contribution in [1.29, 1.82) is 0 Å². The van der Waals surface area contributed by atoms with Crippen LogP contribution in [0.3, 0.4) is 0 Å². The third-order valence-corrected chi connectivity index (χ3v) is 4.22. The maximum absolute atomic E-state index is 14.0. The van der Waals surface area contributed by atoms with E-state index in [0.717, 1.165) is 12.1 Å². The number of guanidine groups is 1. The molecule has 0 fully saturated rings. The first-order valence-electron chi connectivity index (χ1n) is 9.35. The summed E-state index contributed by atoms with van der Waals surface area (Å²) in [5, 5.41) is 6.60. The molecule has 2 N–H and O–H groups in total. The summed E-state index contributed by atoms with van der Waals surface area (Å²) >= 11 is 0. The van der Waals surface area contributed by atoms with E-state index in [1.165, 1.54) is 19.2 Å². The lowest BCUT2D eigenvalue weighted by atomic mass is 10.1. The van der Waals surface area contributed by atoms with Crippen LogP contribution in [0, 0.1) is 17.5 Å². The van der Waals surface area contributed by atoms with Gasteiger partial charge in [0, 0.05) is 13.2 Å². The van der Waals surface area contributed by atoms with E-state index in [9.17, 15) is 18.0 Å². The SMILES string of the molecule is COC[C@H](C)N=C(N=C1CC(c2ccc(F)cc2)=NN1)NC(=O)c1ccc(F)cc1F. The van der Waals surface area contributed by atoms with Gasteiger partial charge in [-0.3, -0.25) is 15.5 Å². The maximum Gasteiger partial charge on any atom is 0.260 e. The molecule has 3 rings (SSSR count). The summed E-state index contributed by atoms with van der Waals surface area (Å²) in [5.41, 5.74) is 3.73. The summed E-state index contributed by atoms with van der Waals surface area (Å²) in [6.07, 6.45) is 0.282. The number of rotatable bonds is 5. The molecular formula is C21H20F3N5O2. The van der Waals surface area contributed by atoms with E-state index in [-0.39, 0.29) is 36.4 Å². The highest BCUT2D eigenvalue weighted by Crippen LogP contribution is 2.12. The summed E-state index contributed by atoms with van der Waals surface area (Å²) in [6, 6.07) is 8.10. The Balaban J connectivity index is 1.79. The molecule has 0 bridgehead atoms. The Kier molecular flexibility index (Phi) is 7.14. The van der Waals surface area contributed by atoms with Gasteiger partial charge in [0.25, 0.3) is 5.91 Å². The van der Waals surface area contributed by atoms with Crippen molar-refractivity contribution in [2.75, 3.05) is 13.7 Å². The second-order valence-electron chi connectivity index (χ2n) is 6.75. The van der Waals surface area contributed by atoms with E-state index in [4.69, 9.17) is 4.74 Å². The molecular weight excluding hydrogens is 411 g/mol. The van der Waals surface area contributed by atoms with E-state index in [0.29, 0.717) is 23.2 Å². The molecule has 1 aliphatic rings. The highest BCUT2D eigenvalue weighted by Gasteiger charge is 2.19. The second kappa shape index (κ2) is 9.98. The third kappa shape index (κ3) is 5.98. The molecule has 1 heterocycles. The fourth-order valence-corrected chi connectivity index (χ4v) is 2.79. The number of amidine groups is 1. The molecule has 2 aromatic rings. The molecule has 1 atom stereocenters. The van der Waals surface area contributed by atoms with Crippen LogP contribution >= 0.6 is 0 Å². The van der Waals surface area contributed by atoms with Gasteiger partial charge in [0.1, 0.15) is 23.3 Å². The van der Waals surface area contributed by atoms with Gasteiger partial charge in [-0.25, -0.2) is 18.2 Å².